The number of hydrogen-bond acceptors (Lipinski definition) is 14. The lowest BCUT2D eigenvalue weighted by atomic mass is 10.1. The first-order chi connectivity index (χ1) is 20.5. The second-order valence-electron chi connectivity index (χ2n) is 8.57. The molecular weight excluding hydrogens is 636 g/mol. The van der Waals surface area contributed by atoms with Gasteiger partial charge in [0.2, 0.25) is 23.6 Å². The van der Waals surface area contributed by atoms with Crippen molar-refractivity contribution in [3.63, 3.8) is 0 Å². The monoisotopic (exact) mass is 674 g/mol. The van der Waals surface area contributed by atoms with Crippen LogP contribution in [-0.2, 0) is 38.4 Å². The number of carbonyl (C=O) groups excluding carboxylic acids is 4. The number of aliphatic carboxylic acids is 4. The first-order valence-corrected chi connectivity index (χ1v) is 13.8. The number of carboxylic acid groups (broad SMARTS) is 4. The summed E-state index contributed by atoms with van der Waals surface area (Å²) in [7, 11) is 0. The van der Waals surface area contributed by atoms with E-state index in [1.54, 1.807) is 0 Å². The fourth-order valence-electron chi connectivity index (χ4n) is 2.77. The lowest BCUT2D eigenvalue weighted by Gasteiger charge is -2.19. The van der Waals surface area contributed by atoms with Crippen LogP contribution in [0.1, 0.15) is 25.7 Å². The van der Waals surface area contributed by atoms with Gasteiger partial charge in [0, 0.05) is 24.3 Å². The molecule has 0 aromatic rings. The van der Waals surface area contributed by atoms with Crippen LogP contribution in [0.25, 0.3) is 0 Å². The molecule has 0 aliphatic rings. The molecule has 0 saturated carbocycles. The van der Waals surface area contributed by atoms with E-state index in [0.717, 1.165) is 0 Å². The van der Waals surface area contributed by atoms with Crippen molar-refractivity contribution in [2.24, 2.45) is 5.73 Å². The number of carboxylic acids is 4. The van der Waals surface area contributed by atoms with Crippen LogP contribution in [0.4, 0.5) is 0 Å². The first kappa shape index (κ1) is 42.4. The Bertz CT molecular complexity index is 1000. The van der Waals surface area contributed by atoms with Crippen molar-refractivity contribution in [2.45, 2.75) is 55.9 Å². The largest absolute Gasteiger partial charge is 0.480 e. The standard InChI is InChI=1S/2C11H19N3O7S/c15-5-13-6(11(20)21)1-2-8(16)14-7(4-22)10(19)12-3-9(17)18;12-5(10(18)19)1-2-8(16)13-7(4-22)9(17)14-6(3-15)11(20)21/h6-7,13,15,22H,1-5H2,(H,12,19)(H,14,16)(H,17,18)(H,20,21);5-7,15,22H,1-4,12H2,(H,13,16)(H,14,17)(H,18,19)(H,20,21)/t6-,7-;5-,6-,7-/m00/s1. The van der Waals surface area contributed by atoms with Gasteiger partial charge in [-0.1, -0.05) is 0 Å². The van der Waals surface area contributed by atoms with Crippen LogP contribution >= 0.6 is 25.3 Å². The van der Waals surface area contributed by atoms with Crippen LogP contribution in [0.2, 0.25) is 0 Å². The Balaban J connectivity index is 0. The van der Waals surface area contributed by atoms with Crippen molar-refractivity contribution in [3.05, 3.63) is 0 Å². The van der Waals surface area contributed by atoms with E-state index < -0.39 is 97.6 Å². The number of amides is 4. The number of rotatable bonds is 21. The molecule has 0 bridgehead atoms. The van der Waals surface area contributed by atoms with Crippen LogP contribution in [0.3, 0.4) is 0 Å². The molecule has 22 heteroatoms. The van der Waals surface area contributed by atoms with E-state index in [1.807, 2.05) is 5.32 Å². The second kappa shape index (κ2) is 23.7. The lowest BCUT2D eigenvalue weighted by Crippen LogP contribution is -2.53. The van der Waals surface area contributed by atoms with Gasteiger partial charge in [0.1, 0.15) is 36.8 Å². The molecule has 0 aromatic heterocycles. The van der Waals surface area contributed by atoms with E-state index in [1.165, 1.54) is 0 Å². The Hall–Kier alpha value is -3.70. The van der Waals surface area contributed by atoms with E-state index in [9.17, 15) is 38.4 Å². The zero-order chi connectivity index (χ0) is 34.4. The highest BCUT2D eigenvalue weighted by Crippen LogP contribution is 2.00. The van der Waals surface area contributed by atoms with Gasteiger partial charge in [0.05, 0.1) is 13.3 Å². The molecule has 0 spiro atoms. The zero-order valence-electron chi connectivity index (χ0n) is 23.2. The van der Waals surface area contributed by atoms with Gasteiger partial charge in [0.25, 0.3) is 0 Å². The summed E-state index contributed by atoms with van der Waals surface area (Å²) < 4.78 is 0. The van der Waals surface area contributed by atoms with Crippen molar-refractivity contribution in [1.82, 2.24) is 26.6 Å². The molecule has 13 N–H and O–H groups in total. The smallest absolute Gasteiger partial charge is 0.328 e. The summed E-state index contributed by atoms with van der Waals surface area (Å²) in [5.41, 5.74) is 5.24. The fourth-order valence-corrected chi connectivity index (χ4v) is 3.29. The number of thiol groups is 2. The maximum absolute atomic E-state index is 11.8. The summed E-state index contributed by atoms with van der Waals surface area (Å²) in [4.78, 5) is 88.9. The van der Waals surface area contributed by atoms with Gasteiger partial charge >= 0.3 is 23.9 Å². The minimum absolute atomic E-state index is 0.0472. The Labute approximate surface area is 261 Å². The number of aliphatic hydroxyl groups is 2. The topological polar surface area (TPSA) is 344 Å². The SMILES string of the molecule is N[C@@H](CCC(=O)N[C@@H](CS)C(=O)N[C@@H](CO)C(=O)O)C(=O)O.O=C(O)CNC(=O)[C@H](CS)NC(=O)CC[C@H](NCO)C(=O)O. The number of aliphatic hydroxyl groups excluding tert-OH is 2. The molecular formula is C22H38N6O14S2. The molecule has 0 aromatic carbocycles. The van der Waals surface area contributed by atoms with Gasteiger partial charge < -0.3 is 57.6 Å². The van der Waals surface area contributed by atoms with Gasteiger partial charge in [-0.05, 0) is 12.8 Å². The molecule has 0 heterocycles. The van der Waals surface area contributed by atoms with Crippen molar-refractivity contribution in [2.75, 3.05) is 31.4 Å². The van der Waals surface area contributed by atoms with Gasteiger partial charge in [-0.2, -0.15) is 25.3 Å². The third-order valence-corrected chi connectivity index (χ3v) is 5.91. The third-order valence-electron chi connectivity index (χ3n) is 5.18. The molecule has 4 amide bonds. The molecule has 0 saturated heterocycles. The van der Waals surface area contributed by atoms with Crippen LogP contribution < -0.4 is 32.3 Å². The molecule has 44 heavy (non-hydrogen) atoms. The van der Waals surface area contributed by atoms with E-state index in [2.05, 4.69) is 46.5 Å². The number of hydrogen-bond donors (Lipinski definition) is 14. The molecule has 0 unspecified atom stereocenters. The summed E-state index contributed by atoms with van der Waals surface area (Å²) >= 11 is 7.76. The van der Waals surface area contributed by atoms with Crippen molar-refractivity contribution >= 4 is 72.8 Å². The highest BCUT2D eigenvalue weighted by Gasteiger charge is 2.26. The summed E-state index contributed by atoms with van der Waals surface area (Å²) in [5.74, 6) is -8.01. The van der Waals surface area contributed by atoms with Crippen LogP contribution in [0.15, 0.2) is 0 Å². The Morgan fingerprint density at radius 2 is 1.11 bits per heavy atom. The van der Waals surface area contributed by atoms with Crippen LogP contribution in [0.5, 0.6) is 0 Å². The maximum atomic E-state index is 11.8. The van der Waals surface area contributed by atoms with Gasteiger partial charge in [-0.3, -0.25) is 38.9 Å². The summed E-state index contributed by atoms with van der Waals surface area (Å²) in [6.07, 6.45) is -0.609. The molecule has 0 aliphatic heterocycles. The molecule has 20 nitrogen and oxygen atoms in total. The van der Waals surface area contributed by atoms with Crippen LogP contribution in [0, 0.1) is 0 Å². The second-order valence-corrected chi connectivity index (χ2v) is 9.30. The highest BCUT2D eigenvalue weighted by molar-refractivity contribution is 7.80. The average molecular weight is 675 g/mol. The average Bonchev–Trinajstić information content (AvgIpc) is 2.96. The van der Waals surface area contributed by atoms with E-state index in [-0.39, 0.29) is 37.2 Å². The molecule has 0 rings (SSSR count). The fraction of sp³-hybridized carbons (Fsp3) is 0.636. The number of nitrogens with two attached hydrogens (primary N) is 1. The molecule has 0 radical (unpaired) electrons. The predicted octanol–water partition coefficient (Wildman–Crippen LogP) is -5.47. The molecule has 5 atom stereocenters. The molecule has 0 fully saturated rings. The number of carbonyl (C=O) groups is 8. The molecule has 0 aliphatic carbocycles. The van der Waals surface area contributed by atoms with Gasteiger partial charge in [-0.25, -0.2) is 4.79 Å². The summed E-state index contributed by atoms with van der Waals surface area (Å²) in [6.45, 7) is -1.93. The van der Waals surface area contributed by atoms with Gasteiger partial charge in [-0.15, -0.1) is 0 Å². The van der Waals surface area contributed by atoms with E-state index in [4.69, 9.17) is 36.4 Å². The highest BCUT2D eigenvalue weighted by atomic mass is 32.1. The normalized spacial score (nSPS) is 13.8. The maximum Gasteiger partial charge on any atom is 0.328 e. The van der Waals surface area contributed by atoms with Crippen molar-refractivity contribution in [3.8, 4) is 0 Å². The van der Waals surface area contributed by atoms with Gasteiger partial charge in [0.15, 0.2) is 0 Å². The Kier molecular flexibility index (Phi) is 22.9. The van der Waals surface area contributed by atoms with E-state index >= 15 is 0 Å². The predicted molar refractivity (Wildman–Crippen MR) is 155 cm³/mol. The minimum atomic E-state index is -1.49. The first-order valence-electron chi connectivity index (χ1n) is 12.5. The molecule has 252 valence electrons. The van der Waals surface area contributed by atoms with E-state index in [0.29, 0.717) is 0 Å². The lowest BCUT2D eigenvalue weighted by molar-refractivity contribution is -0.143. The van der Waals surface area contributed by atoms with Crippen molar-refractivity contribution in [1.29, 1.82) is 0 Å². The zero-order valence-corrected chi connectivity index (χ0v) is 25.0. The Morgan fingerprint density at radius 1 is 0.636 bits per heavy atom. The third kappa shape index (κ3) is 19.5. The minimum Gasteiger partial charge on any atom is -0.480 e. The summed E-state index contributed by atoms with van der Waals surface area (Å²) in [5, 5.41) is 63.0. The Morgan fingerprint density at radius 3 is 1.50 bits per heavy atom. The van der Waals surface area contributed by atoms with Crippen molar-refractivity contribution < 1.29 is 69.0 Å². The van der Waals surface area contributed by atoms with Crippen LogP contribution in [-0.4, -0.2) is 140 Å². The summed E-state index contributed by atoms with van der Waals surface area (Å²) in [6, 6.07) is -5.92. The number of nitrogens with one attached hydrogen (secondary N) is 5. The quantitative estimate of drug-likeness (QED) is 0.0399.